The third kappa shape index (κ3) is 4.08. The Balaban J connectivity index is 1.60. The number of fused-ring (bicyclic) bond motifs is 1. The number of nitrogens with one attached hydrogen (secondary N) is 2. The van der Waals surface area contributed by atoms with Gasteiger partial charge in [-0.05, 0) is 120 Å². The van der Waals surface area contributed by atoms with Crippen LogP contribution in [0, 0.1) is 17.4 Å². The van der Waals surface area contributed by atoms with Crippen molar-refractivity contribution in [3.63, 3.8) is 0 Å². The molecule has 3 N–H and O–H groups in total. The zero-order chi connectivity index (χ0) is 21.4. The summed E-state index contributed by atoms with van der Waals surface area (Å²) in [5, 5.41) is 15.8. The van der Waals surface area contributed by atoms with Crippen LogP contribution in [-0.4, -0.2) is 29.3 Å². The van der Waals surface area contributed by atoms with Crippen LogP contribution in [0.5, 0.6) is 5.75 Å². The average Bonchev–Trinajstić information content (AvgIpc) is 3.15. The molecule has 7 heteroatoms. The number of anilines is 1. The number of carbonyl (C=O) groups is 2. The number of amidine groups is 1. The molecule has 0 atom stereocenters. The van der Waals surface area contributed by atoms with E-state index in [1.807, 2.05) is 26.0 Å². The van der Waals surface area contributed by atoms with E-state index >= 15 is 0 Å². The van der Waals surface area contributed by atoms with E-state index in [1.54, 1.807) is 0 Å². The molecule has 1 aliphatic carbocycles. The molecule has 0 aromatic heterocycles. The molecule has 30 heavy (non-hydrogen) atoms. The molecule has 0 saturated carbocycles. The molecule has 2 aromatic rings. The summed E-state index contributed by atoms with van der Waals surface area (Å²) in [6.45, 7) is 4.09. The van der Waals surface area contributed by atoms with Crippen molar-refractivity contribution in [2.45, 2.75) is 46.0 Å². The molecule has 0 spiro atoms. The lowest BCUT2D eigenvalue weighted by atomic mass is 9.84. The highest BCUT2D eigenvalue weighted by Gasteiger charge is 2.22. The van der Waals surface area contributed by atoms with Gasteiger partial charge in [0.15, 0.2) is 5.84 Å². The van der Waals surface area contributed by atoms with Gasteiger partial charge in [-0.1, -0.05) is 0 Å². The highest BCUT2D eigenvalue weighted by atomic mass is 127. The predicted molar refractivity (Wildman–Crippen MR) is 125 cm³/mol. The minimum atomic E-state index is -0.408. The first-order valence-corrected chi connectivity index (χ1v) is 11.2. The van der Waals surface area contributed by atoms with Crippen LogP contribution in [0.1, 0.15) is 46.2 Å². The summed E-state index contributed by atoms with van der Waals surface area (Å²) in [5.41, 5.74) is 7.79. The maximum atomic E-state index is 12.3. The second-order valence-electron chi connectivity index (χ2n) is 7.96. The number of amides is 2. The van der Waals surface area contributed by atoms with E-state index in [1.165, 1.54) is 16.7 Å². The van der Waals surface area contributed by atoms with E-state index in [9.17, 15) is 14.7 Å². The number of halogens is 1. The standard InChI is InChI=1S/C23H24IN3O3/c1-12-7-15(26-23(30)22-25-11-20(28)27-22)8-13(2)18(12)9-14-10-19(24)21(29)17-6-4-3-5-16(14)17/h7-8,10,29H,3-6,9,11H2,1-2H3,(H,26,30)(H,25,27,28). The fourth-order valence-corrected chi connectivity index (χ4v) is 5.05. The Labute approximate surface area is 189 Å². The molecular formula is C23H24IN3O3. The molecule has 156 valence electrons. The molecule has 1 aliphatic heterocycles. The van der Waals surface area contributed by atoms with Crippen molar-refractivity contribution in [2.24, 2.45) is 4.99 Å². The van der Waals surface area contributed by atoms with E-state index in [2.05, 4.69) is 44.3 Å². The van der Waals surface area contributed by atoms with Crippen molar-refractivity contribution < 1.29 is 14.7 Å². The van der Waals surface area contributed by atoms with Crippen molar-refractivity contribution in [2.75, 3.05) is 11.9 Å². The summed E-state index contributed by atoms with van der Waals surface area (Å²) in [5.74, 6) is -0.170. The summed E-state index contributed by atoms with van der Waals surface area (Å²) < 4.78 is 0.904. The molecule has 0 bridgehead atoms. The lowest BCUT2D eigenvalue weighted by molar-refractivity contribution is -0.118. The number of phenols is 1. The number of aryl methyl sites for hydroxylation is 2. The Morgan fingerprint density at radius 2 is 1.83 bits per heavy atom. The molecule has 0 fully saturated rings. The van der Waals surface area contributed by atoms with E-state index < -0.39 is 5.91 Å². The molecule has 1 heterocycles. The van der Waals surface area contributed by atoms with E-state index in [0.29, 0.717) is 11.4 Å². The van der Waals surface area contributed by atoms with Crippen molar-refractivity contribution in [3.8, 4) is 5.75 Å². The first-order valence-electron chi connectivity index (χ1n) is 10.1. The van der Waals surface area contributed by atoms with Crippen molar-refractivity contribution in [1.29, 1.82) is 0 Å². The number of hydrogen-bond donors (Lipinski definition) is 3. The van der Waals surface area contributed by atoms with E-state index in [0.717, 1.165) is 52.4 Å². The highest BCUT2D eigenvalue weighted by Crippen LogP contribution is 2.37. The van der Waals surface area contributed by atoms with Gasteiger partial charge in [-0.2, -0.15) is 0 Å². The predicted octanol–water partition coefficient (Wildman–Crippen LogP) is 3.55. The summed E-state index contributed by atoms with van der Waals surface area (Å²) in [6.07, 6.45) is 5.03. The number of nitrogens with zero attached hydrogens (tertiary/aromatic N) is 1. The van der Waals surface area contributed by atoms with Gasteiger partial charge in [0.1, 0.15) is 12.3 Å². The Hall–Kier alpha value is -2.42. The molecule has 2 amide bonds. The topological polar surface area (TPSA) is 90.8 Å². The quantitative estimate of drug-likeness (QED) is 0.542. The number of phenolic OH excluding ortho intramolecular Hbond substituents is 1. The largest absolute Gasteiger partial charge is 0.507 e. The second kappa shape index (κ2) is 8.37. The number of aromatic hydroxyl groups is 1. The van der Waals surface area contributed by atoms with Gasteiger partial charge < -0.3 is 15.7 Å². The molecule has 4 rings (SSSR count). The summed E-state index contributed by atoms with van der Waals surface area (Å²) >= 11 is 2.22. The maximum absolute atomic E-state index is 12.3. The smallest absolute Gasteiger partial charge is 0.291 e. The van der Waals surface area contributed by atoms with Gasteiger partial charge in [0.25, 0.3) is 5.91 Å². The molecule has 6 nitrogen and oxygen atoms in total. The number of rotatable bonds is 4. The second-order valence-corrected chi connectivity index (χ2v) is 9.13. The Bertz CT molecular complexity index is 1070. The van der Waals surface area contributed by atoms with Gasteiger partial charge in [0.2, 0.25) is 5.91 Å². The van der Waals surface area contributed by atoms with Crippen molar-refractivity contribution in [3.05, 3.63) is 55.1 Å². The molecule has 2 aromatic carbocycles. The minimum absolute atomic E-state index is 0.00447. The zero-order valence-electron chi connectivity index (χ0n) is 17.1. The Morgan fingerprint density at radius 3 is 2.47 bits per heavy atom. The third-order valence-corrected chi connectivity index (χ3v) is 6.67. The molecular weight excluding hydrogens is 493 g/mol. The molecule has 0 unspecified atom stereocenters. The third-order valence-electron chi connectivity index (χ3n) is 5.84. The van der Waals surface area contributed by atoms with Gasteiger partial charge in [-0.25, -0.2) is 0 Å². The van der Waals surface area contributed by atoms with Crippen LogP contribution in [0.4, 0.5) is 5.69 Å². The normalized spacial score (nSPS) is 15.4. The Kier molecular flexibility index (Phi) is 5.81. The summed E-state index contributed by atoms with van der Waals surface area (Å²) in [7, 11) is 0. The summed E-state index contributed by atoms with van der Waals surface area (Å²) in [4.78, 5) is 27.5. The Morgan fingerprint density at radius 1 is 1.17 bits per heavy atom. The van der Waals surface area contributed by atoms with E-state index in [4.69, 9.17) is 0 Å². The summed E-state index contributed by atoms with van der Waals surface area (Å²) in [6, 6.07) is 6.01. The number of aliphatic imine (C=N–C) groups is 1. The minimum Gasteiger partial charge on any atom is -0.507 e. The highest BCUT2D eigenvalue weighted by molar-refractivity contribution is 14.1. The van der Waals surface area contributed by atoms with Crippen LogP contribution in [0.2, 0.25) is 0 Å². The average molecular weight is 517 g/mol. The first-order chi connectivity index (χ1) is 14.3. The van der Waals surface area contributed by atoms with Crippen LogP contribution < -0.4 is 10.6 Å². The zero-order valence-corrected chi connectivity index (χ0v) is 19.2. The lowest BCUT2D eigenvalue weighted by Crippen LogP contribution is -2.35. The van der Waals surface area contributed by atoms with Crippen LogP contribution in [0.3, 0.4) is 0 Å². The number of carbonyl (C=O) groups excluding carboxylic acids is 2. The maximum Gasteiger partial charge on any atom is 0.291 e. The molecule has 0 saturated heterocycles. The van der Waals surface area contributed by atoms with Gasteiger partial charge in [-0.15, -0.1) is 0 Å². The van der Waals surface area contributed by atoms with Gasteiger partial charge >= 0.3 is 0 Å². The van der Waals surface area contributed by atoms with Gasteiger partial charge in [-0.3, -0.25) is 14.6 Å². The number of benzene rings is 2. The molecule has 2 aliphatic rings. The van der Waals surface area contributed by atoms with Gasteiger partial charge in [0, 0.05) is 5.69 Å². The van der Waals surface area contributed by atoms with Crippen LogP contribution in [-0.2, 0) is 28.9 Å². The van der Waals surface area contributed by atoms with Crippen molar-refractivity contribution in [1.82, 2.24) is 5.32 Å². The van der Waals surface area contributed by atoms with Crippen LogP contribution in [0.15, 0.2) is 23.2 Å². The fraction of sp³-hybridized carbons (Fsp3) is 0.348. The number of hydrogen-bond acceptors (Lipinski definition) is 4. The van der Waals surface area contributed by atoms with Crippen LogP contribution in [0.25, 0.3) is 0 Å². The van der Waals surface area contributed by atoms with E-state index in [-0.39, 0.29) is 18.3 Å². The molecule has 0 radical (unpaired) electrons. The lowest BCUT2D eigenvalue weighted by Gasteiger charge is -2.23. The van der Waals surface area contributed by atoms with Gasteiger partial charge in [0.05, 0.1) is 3.57 Å². The van der Waals surface area contributed by atoms with Crippen molar-refractivity contribution >= 4 is 45.9 Å². The first kappa shape index (κ1) is 20.8. The van der Waals surface area contributed by atoms with Crippen LogP contribution >= 0.6 is 22.6 Å². The SMILES string of the molecule is Cc1cc(NC(=O)C2=NCC(=O)N2)cc(C)c1Cc1cc(I)c(O)c2c1CCCC2. The monoisotopic (exact) mass is 517 g/mol. The fourth-order valence-electron chi connectivity index (χ4n) is 4.35.